The van der Waals surface area contributed by atoms with Crippen molar-refractivity contribution >= 4 is 40.7 Å². The molecule has 0 saturated carbocycles. The fraction of sp³-hybridized carbons (Fsp3) is 0.273. The van der Waals surface area contributed by atoms with Gasteiger partial charge in [0.1, 0.15) is 5.54 Å². The number of hydrogen-bond donors (Lipinski definition) is 1. The number of terminal acetylenes is 1. The molecule has 1 fully saturated rings. The van der Waals surface area contributed by atoms with E-state index in [-0.39, 0.29) is 28.8 Å². The van der Waals surface area contributed by atoms with E-state index in [1.54, 1.807) is 18.2 Å². The predicted molar refractivity (Wildman–Crippen MR) is 114 cm³/mol. The molecular weight excluding hydrogens is 411 g/mol. The average Bonchev–Trinajstić information content (AvgIpc) is 2.76. The van der Waals surface area contributed by atoms with Crippen LogP contribution >= 0.6 is 23.2 Å². The van der Waals surface area contributed by atoms with Crippen molar-refractivity contribution < 1.29 is 14.3 Å². The first-order valence-corrected chi connectivity index (χ1v) is 9.90. The highest BCUT2D eigenvalue weighted by molar-refractivity contribution is 6.44. The molecule has 1 aliphatic rings. The van der Waals surface area contributed by atoms with E-state index < -0.39 is 11.4 Å². The fourth-order valence-electron chi connectivity index (χ4n) is 3.47. The largest absolute Gasteiger partial charge is 0.381 e. The topological polar surface area (TPSA) is 58.6 Å². The van der Waals surface area contributed by atoms with Gasteiger partial charge in [-0.25, -0.2) is 0 Å². The minimum Gasteiger partial charge on any atom is -0.381 e. The van der Waals surface area contributed by atoms with Crippen molar-refractivity contribution in [2.75, 3.05) is 18.1 Å². The molecule has 0 aromatic heterocycles. The second kappa shape index (κ2) is 9.32. The highest BCUT2D eigenvalue weighted by Crippen LogP contribution is 2.39. The highest BCUT2D eigenvalue weighted by Gasteiger charge is 2.48. The lowest BCUT2D eigenvalue weighted by Gasteiger charge is -2.44. The Kier molecular flexibility index (Phi) is 6.81. The summed E-state index contributed by atoms with van der Waals surface area (Å²) in [5.41, 5.74) is 0.0164. The maximum Gasteiger partial charge on any atom is 0.303 e. The van der Waals surface area contributed by atoms with Crippen molar-refractivity contribution in [3.05, 3.63) is 64.1 Å². The molecular formula is C22H20Cl2N2O3. The molecule has 1 N–H and O–H groups in total. The summed E-state index contributed by atoms with van der Waals surface area (Å²) in [4.78, 5) is 27.5. The van der Waals surface area contributed by atoms with Crippen LogP contribution in [0.1, 0.15) is 18.4 Å². The van der Waals surface area contributed by atoms with Crippen molar-refractivity contribution in [2.45, 2.75) is 24.9 Å². The van der Waals surface area contributed by atoms with Crippen LogP contribution in [0, 0.1) is 12.3 Å². The summed E-state index contributed by atoms with van der Waals surface area (Å²) >= 11 is 12.6. The molecule has 7 heteroatoms. The second-order valence-electron chi connectivity index (χ2n) is 6.67. The number of anilines is 1. The Bertz CT molecular complexity index is 935. The number of benzene rings is 2. The third kappa shape index (κ3) is 4.40. The minimum atomic E-state index is -1.23. The number of amides is 2. The quantitative estimate of drug-likeness (QED) is 0.733. The molecule has 0 aliphatic carbocycles. The molecule has 0 unspecified atom stereocenters. The van der Waals surface area contributed by atoms with Crippen molar-refractivity contribution in [1.82, 2.24) is 5.32 Å². The summed E-state index contributed by atoms with van der Waals surface area (Å²) in [5.74, 6) is 1.15. The number of carbonyl (C=O) groups is 2. The molecule has 0 radical (unpaired) electrons. The van der Waals surface area contributed by atoms with Crippen LogP contribution in [0.2, 0.25) is 10.0 Å². The predicted octanol–water partition coefficient (Wildman–Crippen LogP) is 3.83. The minimum absolute atomic E-state index is 0.166. The Morgan fingerprint density at radius 2 is 1.79 bits per heavy atom. The first-order chi connectivity index (χ1) is 14.0. The summed E-state index contributed by atoms with van der Waals surface area (Å²) in [6, 6.07) is 14.4. The third-order valence-electron chi connectivity index (χ3n) is 4.97. The van der Waals surface area contributed by atoms with E-state index >= 15 is 0 Å². The lowest BCUT2D eigenvalue weighted by atomic mass is 9.85. The molecule has 0 atom stereocenters. The first kappa shape index (κ1) is 21.2. The molecule has 29 heavy (non-hydrogen) atoms. The van der Waals surface area contributed by atoms with Crippen LogP contribution in [0.3, 0.4) is 0 Å². The van der Waals surface area contributed by atoms with Crippen LogP contribution in [0.5, 0.6) is 0 Å². The van der Waals surface area contributed by atoms with Crippen LogP contribution in [-0.4, -0.2) is 30.6 Å². The molecule has 2 aromatic rings. The number of nitrogens with zero attached hydrogens (tertiary/aromatic N) is 1. The number of carbonyl (C=O) groups excluding carboxylic acids is 2. The normalized spacial score (nSPS) is 15.2. The molecule has 3 rings (SSSR count). The zero-order chi connectivity index (χ0) is 20.9. The maximum absolute atomic E-state index is 13.4. The Balaban J connectivity index is 2.01. The third-order valence-corrected chi connectivity index (χ3v) is 5.77. The zero-order valence-electron chi connectivity index (χ0n) is 15.7. The summed E-state index contributed by atoms with van der Waals surface area (Å²) in [5, 5.41) is 3.38. The van der Waals surface area contributed by atoms with Gasteiger partial charge >= 0.3 is 5.91 Å². The number of ether oxygens (including phenoxy) is 1. The van der Waals surface area contributed by atoms with Gasteiger partial charge in [-0.15, -0.1) is 6.42 Å². The van der Waals surface area contributed by atoms with Gasteiger partial charge in [0.2, 0.25) is 5.91 Å². The standard InChI is InChI=1S/C22H20Cl2N2O3/c1-2-19(27)26(18-10-6-9-17(23)20(18)24)22(11-13-29-14-12-22)21(28)25-15-16-7-4-3-5-8-16/h1,3-10H,11-15H2,(H,25,28). The fourth-order valence-corrected chi connectivity index (χ4v) is 3.85. The van der Waals surface area contributed by atoms with Crippen LogP contribution in [0.25, 0.3) is 0 Å². The number of hydrogen-bond acceptors (Lipinski definition) is 3. The van der Waals surface area contributed by atoms with E-state index in [1.165, 1.54) is 4.90 Å². The molecule has 2 amide bonds. The van der Waals surface area contributed by atoms with Gasteiger partial charge in [0.15, 0.2) is 0 Å². The van der Waals surface area contributed by atoms with Gasteiger partial charge in [-0.05, 0) is 23.6 Å². The van der Waals surface area contributed by atoms with Gasteiger partial charge < -0.3 is 10.1 Å². The Hall–Kier alpha value is -2.52. The van der Waals surface area contributed by atoms with Crippen LogP contribution < -0.4 is 10.2 Å². The van der Waals surface area contributed by atoms with E-state index in [1.807, 2.05) is 30.3 Å². The van der Waals surface area contributed by atoms with Gasteiger partial charge in [-0.3, -0.25) is 14.5 Å². The summed E-state index contributed by atoms with van der Waals surface area (Å²) in [6.45, 7) is 0.945. The number of halogens is 2. The van der Waals surface area contributed by atoms with Gasteiger partial charge in [0.05, 0.1) is 15.7 Å². The van der Waals surface area contributed by atoms with Gasteiger partial charge in [-0.2, -0.15) is 0 Å². The molecule has 5 nitrogen and oxygen atoms in total. The molecule has 2 aromatic carbocycles. The first-order valence-electron chi connectivity index (χ1n) is 9.14. The van der Waals surface area contributed by atoms with Gasteiger partial charge in [-0.1, -0.05) is 59.6 Å². The zero-order valence-corrected chi connectivity index (χ0v) is 17.2. The molecule has 1 heterocycles. The van der Waals surface area contributed by atoms with Gasteiger partial charge in [0, 0.05) is 32.6 Å². The lowest BCUT2D eigenvalue weighted by molar-refractivity contribution is -0.133. The van der Waals surface area contributed by atoms with E-state index in [0.717, 1.165) is 5.56 Å². The molecule has 1 saturated heterocycles. The molecule has 0 spiro atoms. The summed E-state index contributed by atoms with van der Waals surface area (Å²) < 4.78 is 5.46. The smallest absolute Gasteiger partial charge is 0.303 e. The summed E-state index contributed by atoms with van der Waals surface area (Å²) in [6.07, 6.45) is 6.01. The molecule has 1 aliphatic heterocycles. The molecule has 0 bridgehead atoms. The number of rotatable bonds is 5. The Morgan fingerprint density at radius 3 is 2.45 bits per heavy atom. The van der Waals surface area contributed by atoms with Crippen molar-refractivity contribution in [2.24, 2.45) is 0 Å². The van der Waals surface area contributed by atoms with E-state index in [2.05, 4.69) is 11.2 Å². The highest BCUT2D eigenvalue weighted by atomic mass is 35.5. The van der Waals surface area contributed by atoms with Crippen molar-refractivity contribution in [3.63, 3.8) is 0 Å². The number of nitrogens with one attached hydrogen (secondary N) is 1. The monoisotopic (exact) mass is 430 g/mol. The Labute approximate surface area is 179 Å². The van der Waals surface area contributed by atoms with E-state index in [0.29, 0.717) is 25.4 Å². The SMILES string of the molecule is C#CC(=O)N(c1cccc(Cl)c1Cl)C1(C(=O)NCc2ccccc2)CCOCC1. The van der Waals surface area contributed by atoms with Gasteiger partial charge in [0.25, 0.3) is 0 Å². The summed E-state index contributed by atoms with van der Waals surface area (Å²) in [7, 11) is 0. The van der Waals surface area contributed by atoms with Crippen LogP contribution in [0.15, 0.2) is 48.5 Å². The second-order valence-corrected chi connectivity index (χ2v) is 7.46. The van der Waals surface area contributed by atoms with Crippen molar-refractivity contribution in [3.8, 4) is 12.3 Å². The van der Waals surface area contributed by atoms with Crippen LogP contribution in [-0.2, 0) is 20.9 Å². The Morgan fingerprint density at radius 1 is 1.10 bits per heavy atom. The van der Waals surface area contributed by atoms with Crippen LogP contribution in [0.4, 0.5) is 5.69 Å². The van der Waals surface area contributed by atoms with E-state index in [9.17, 15) is 9.59 Å². The molecule has 150 valence electrons. The maximum atomic E-state index is 13.4. The average molecular weight is 431 g/mol. The van der Waals surface area contributed by atoms with E-state index in [4.69, 9.17) is 34.4 Å². The lowest BCUT2D eigenvalue weighted by Crippen LogP contribution is -2.63. The van der Waals surface area contributed by atoms with Crippen molar-refractivity contribution in [1.29, 1.82) is 0 Å².